The van der Waals surface area contributed by atoms with E-state index >= 15 is 0 Å². The molecule has 1 heterocycles. The van der Waals surface area contributed by atoms with Gasteiger partial charge in [-0.2, -0.15) is 0 Å². The first-order valence-electron chi connectivity index (χ1n) is 7.55. The van der Waals surface area contributed by atoms with E-state index in [4.69, 9.17) is 9.47 Å². The average molecular weight is 270 g/mol. The van der Waals surface area contributed by atoms with Crippen LogP contribution in [0.5, 0.6) is 0 Å². The lowest BCUT2D eigenvalue weighted by Gasteiger charge is -2.61. The second kappa shape index (κ2) is 4.42. The molecular weight excluding hydrogens is 244 g/mol. The monoisotopic (exact) mass is 270 g/mol. The quantitative estimate of drug-likeness (QED) is 0.761. The highest BCUT2D eigenvalue weighted by Crippen LogP contribution is 2.63. The van der Waals surface area contributed by atoms with Crippen LogP contribution < -0.4 is 0 Å². The molecule has 3 rings (SSSR count). The standard InChI is InChI=1S/C15H26O4/c1-13(10-16)11-4-3-6-15(18-8-9-19-15)14(11,2)7-5-12(13)17/h11-12,16-17H,3-10H2,1-2H3/t11-,12-,13-,14-/m0/s1. The summed E-state index contributed by atoms with van der Waals surface area (Å²) in [4.78, 5) is 0. The summed E-state index contributed by atoms with van der Waals surface area (Å²) < 4.78 is 12.1. The number of fused-ring (bicyclic) bond motifs is 2. The Kier molecular flexibility index (Phi) is 3.21. The van der Waals surface area contributed by atoms with E-state index in [1.54, 1.807) is 0 Å². The lowest BCUT2D eigenvalue weighted by atomic mass is 9.48. The molecule has 0 aromatic heterocycles. The number of ether oxygens (including phenoxy) is 2. The summed E-state index contributed by atoms with van der Waals surface area (Å²) in [5.41, 5.74) is -0.534. The van der Waals surface area contributed by atoms with Gasteiger partial charge >= 0.3 is 0 Å². The van der Waals surface area contributed by atoms with Crippen molar-refractivity contribution in [2.45, 2.75) is 57.8 Å². The van der Waals surface area contributed by atoms with Crippen LogP contribution in [0.3, 0.4) is 0 Å². The van der Waals surface area contributed by atoms with E-state index in [0.29, 0.717) is 13.2 Å². The maximum absolute atomic E-state index is 10.4. The summed E-state index contributed by atoms with van der Waals surface area (Å²) >= 11 is 0. The van der Waals surface area contributed by atoms with Crippen molar-refractivity contribution >= 4 is 0 Å². The van der Waals surface area contributed by atoms with Gasteiger partial charge in [0, 0.05) is 17.3 Å². The molecule has 3 aliphatic rings. The molecule has 19 heavy (non-hydrogen) atoms. The molecule has 1 aliphatic heterocycles. The molecule has 4 nitrogen and oxygen atoms in total. The number of rotatable bonds is 1. The van der Waals surface area contributed by atoms with Gasteiger partial charge in [-0.1, -0.05) is 13.8 Å². The van der Waals surface area contributed by atoms with Gasteiger partial charge in [0.2, 0.25) is 0 Å². The SMILES string of the molecule is C[C@@]1(CO)[C@@H](O)CC[C@@]2(C)[C@H]1CCCC21OCCO1. The topological polar surface area (TPSA) is 58.9 Å². The van der Waals surface area contributed by atoms with Gasteiger partial charge in [0.15, 0.2) is 5.79 Å². The molecule has 0 bridgehead atoms. The Morgan fingerprint density at radius 3 is 2.42 bits per heavy atom. The number of hydrogen-bond acceptors (Lipinski definition) is 4. The predicted molar refractivity (Wildman–Crippen MR) is 70.5 cm³/mol. The Morgan fingerprint density at radius 1 is 1.11 bits per heavy atom. The first-order chi connectivity index (χ1) is 8.98. The molecule has 0 unspecified atom stereocenters. The van der Waals surface area contributed by atoms with Gasteiger partial charge in [-0.15, -0.1) is 0 Å². The van der Waals surface area contributed by atoms with E-state index in [2.05, 4.69) is 6.92 Å². The van der Waals surface area contributed by atoms with Crippen LogP contribution in [-0.4, -0.2) is 41.9 Å². The number of aliphatic hydroxyl groups excluding tert-OH is 2. The maximum atomic E-state index is 10.4. The maximum Gasteiger partial charge on any atom is 0.174 e. The van der Waals surface area contributed by atoms with E-state index < -0.39 is 17.3 Å². The normalized spacial score (nSPS) is 49.3. The summed E-state index contributed by atoms with van der Waals surface area (Å²) in [5.74, 6) is -0.229. The largest absolute Gasteiger partial charge is 0.396 e. The molecule has 2 N–H and O–H groups in total. The summed E-state index contributed by atoms with van der Waals surface area (Å²) in [6.07, 6.45) is 4.23. The van der Waals surface area contributed by atoms with Gasteiger partial charge in [-0.05, 0) is 31.6 Å². The molecule has 4 heteroatoms. The third kappa shape index (κ3) is 1.67. The molecule has 4 atom stereocenters. The fourth-order valence-electron chi connectivity index (χ4n) is 4.97. The van der Waals surface area contributed by atoms with Gasteiger partial charge < -0.3 is 19.7 Å². The van der Waals surface area contributed by atoms with Crippen molar-refractivity contribution in [2.24, 2.45) is 16.7 Å². The van der Waals surface area contributed by atoms with Crippen LogP contribution in [-0.2, 0) is 9.47 Å². The van der Waals surface area contributed by atoms with Crippen LogP contribution in [0.25, 0.3) is 0 Å². The highest BCUT2D eigenvalue weighted by atomic mass is 16.7. The van der Waals surface area contributed by atoms with E-state index in [0.717, 1.165) is 32.1 Å². The second-order valence-electron chi connectivity index (χ2n) is 7.03. The van der Waals surface area contributed by atoms with Crippen LogP contribution in [0.15, 0.2) is 0 Å². The molecule has 3 fully saturated rings. The van der Waals surface area contributed by atoms with Gasteiger partial charge in [0.1, 0.15) is 0 Å². The Hall–Kier alpha value is -0.160. The van der Waals surface area contributed by atoms with E-state index in [1.807, 2.05) is 6.92 Å². The van der Waals surface area contributed by atoms with Crippen LogP contribution in [0.4, 0.5) is 0 Å². The Labute approximate surface area is 115 Å². The number of hydrogen-bond donors (Lipinski definition) is 2. The van der Waals surface area contributed by atoms with Crippen LogP contribution in [0.2, 0.25) is 0 Å². The minimum atomic E-state index is -0.480. The Morgan fingerprint density at radius 2 is 1.79 bits per heavy atom. The zero-order valence-electron chi connectivity index (χ0n) is 12.0. The fraction of sp³-hybridized carbons (Fsp3) is 1.00. The van der Waals surface area contributed by atoms with Crippen molar-refractivity contribution in [3.05, 3.63) is 0 Å². The third-order valence-electron chi connectivity index (χ3n) is 6.23. The summed E-state index contributed by atoms with van der Waals surface area (Å²) in [7, 11) is 0. The van der Waals surface area contributed by atoms with Crippen molar-refractivity contribution in [3.63, 3.8) is 0 Å². The average Bonchev–Trinajstić information content (AvgIpc) is 2.87. The van der Waals surface area contributed by atoms with Crippen LogP contribution in [0.1, 0.15) is 46.0 Å². The lowest BCUT2D eigenvalue weighted by Crippen LogP contribution is -2.64. The van der Waals surface area contributed by atoms with Gasteiger partial charge in [0.05, 0.1) is 25.9 Å². The highest BCUT2D eigenvalue weighted by Gasteiger charge is 2.65. The molecule has 0 aromatic carbocycles. The molecule has 1 saturated heterocycles. The van der Waals surface area contributed by atoms with Crippen molar-refractivity contribution in [3.8, 4) is 0 Å². The summed E-state index contributed by atoms with van der Waals surface area (Å²) in [6, 6.07) is 0. The first-order valence-corrected chi connectivity index (χ1v) is 7.55. The molecule has 1 spiro atoms. The lowest BCUT2D eigenvalue weighted by molar-refractivity contribution is -0.304. The summed E-state index contributed by atoms with van der Waals surface area (Å²) in [5, 5.41) is 20.2. The first kappa shape index (κ1) is 13.8. The van der Waals surface area contributed by atoms with Gasteiger partial charge in [-0.3, -0.25) is 0 Å². The van der Waals surface area contributed by atoms with Gasteiger partial charge in [-0.25, -0.2) is 0 Å². The minimum Gasteiger partial charge on any atom is -0.396 e. The van der Waals surface area contributed by atoms with Crippen molar-refractivity contribution in [1.82, 2.24) is 0 Å². The molecule has 2 aliphatic carbocycles. The van der Waals surface area contributed by atoms with Gasteiger partial charge in [0.25, 0.3) is 0 Å². The molecule has 2 saturated carbocycles. The molecule has 0 aromatic rings. The van der Waals surface area contributed by atoms with Crippen LogP contribution in [0, 0.1) is 16.7 Å². The van der Waals surface area contributed by atoms with E-state index in [1.165, 1.54) is 0 Å². The molecular formula is C15H26O4. The number of aliphatic hydroxyl groups is 2. The second-order valence-corrected chi connectivity index (χ2v) is 7.03. The Balaban J connectivity index is 2.00. The van der Waals surface area contributed by atoms with Crippen molar-refractivity contribution in [1.29, 1.82) is 0 Å². The van der Waals surface area contributed by atoms with Crippen molar-refractivity contribution < 1.29 is 19.7 Å². The van der Waals surface area contributed by atoms with E-state index in [9.17, 15) is 10.2 Å². The zero-order chi connectivity index (χ0) is 13.7. The van der Waals surface area contributed by atoms with E-state index in [-0.39, 0.29) is 17.9 Å². The van der Waals surface area contributed by atoms with Crippen LogP contribution >= 0.6 is 0 Å². The molecule has 110 valence electrons. The third-order valence-corrected chi connectivity index (χ3v) is 6.23. The predicted octanol–water partition coefficient (Wildman–Crippen LogP) is 1.69. The Bertz CT molecular complexity index is 352. The molecule has 0 amide bonds. The summed E-state index contributed by atoms with van der Waals surface area (Å²) in [6.45, 7) is 5.63. The minimum absolute atomic E-state index is 0.0322. The zero-order valence-corrected chi connectivity index (χ0v) is 12.0. The van der Waals surface area contributed by atoms with Crippen molar-refractivity contribution in [2.75, 3.05) is 19.8 Å². The molecule has 0 radical (unpaired) electrons. The fourth-order valence-corrected chi connectivity index (χ4v) is 4.97. The smallest absolute Gasteiger partial charge is 0.174 e. The highest BCUT2D eigenvalue weighted by molar-refractivity contribution is 5.10.